The van der Waals surface area contributed by atoms with Gasteiger partial charge in [-0.3, -0.25) is 4.79 Å². The van der Waals surface area contributed by atoms with Crippen molar-refractivity contribution in [2.45, 2.75) is 57.1 Å². The summed E-state index contributed by atoms with van der Waals surface area (Å²) in [4.78, 5) is 26.8. The van der Waals surface area contributed by atoms with Crippen LogP contribution in [-0.2, 0) is 19.0 Å². The van der Waals surface area contributed by atoms with E-state index in [1.165, 1.54) is 23.3 Å². The smallest absolute Gasteiger partial charge is 0.417 e. The molecular weight excluding hydrogens is 318 g/mol. The number of thiophene rings is 1. The van der Waals surface area contributed by atoms with Gasteiger partial charge in [0.25, 0.3) is 5.91 Å². The van der Waals surface area contributed by atoms with Gasteiger partial charge in [-0.25, -0.2) is 9.69 Å². The normalized spacial score (nSPS) is 25.0. The topological polar surface area (TPSA) is 65.1 Å². The third-order valence-corrected chi connectivity index (χ3v) is 5.24. The van der Waals surface area contributed by atoms with E-state index in [1.807, 2.05) is 17.5 Å². The fourth-order valence-corrected chi connectivity index (χ4v) is 3.40. The lowest BCUT2D eigenvalue weighted by Crippen LogP contribution is -2.64. The molecule has 2 fully saturated rings. The number of β-lactam (4-membered cyclic amide) rings is 1. The number of imide groups is 1. The first-order valence-electron chi connectivity index (χ1n) is 7.73. The second-order valence-electron chi connectivity index (χ2n) is 6.25. The van der Waals surface area contributed by atoms with E-state index < -0.39 is 24.0 Å². The Hall–Kier alpha value is -1.44. The van der Waals surface area contributed by atoms with E-state index in [-0.39, 0.29) is 12.0 Å². The third-order valence-electron chi connectivity index (χ3n) is 4.30. The van der Waals surface area contributed by atoms with Gasteiger partial charge in [-0.05, 0) is 44.6 Å². The van der Waals surface area contributed by atoms with Crippen LogP contribution in [-0.4, -0.2) is 42.0 Å². The Bertz CT molecular complexity index is 581. The van der Waals surface area contributed by atoms with Crippen LogP contribution >= 0.6 is 11.3 Å². The van der Waals surface area contributed by atoms with Gasteiger partial charge in [0, 0.05) is 12.0 Å². The number of hydrogen-bond donors (Lipinski definition) is 0. The number of carbonyl (C=O) groups excluding carboxylic acids is 2. The fraction of sp³-hybridized carbons (Fsp3) is 0.625. The van der Waals surface area contributed by atoms with Gasteiger partial charge in [-0.15, -0.1) is 11.3 Å². The number of nitrogens with zero attached hydrogens (tertiary/aromatic N) is 1. The maximum Gasteiger partial charge on any atom is 0.417 e. The van der Waals surface area contributed by atoms with Crippen LogP contribution in [0.15, 0.2) is 17.5 Å². The molecule has 2 amide bonds. The van der Waals surface area contributed by atoms with Crippen LogP contribution in [0.4, 0.5) is 4.79 Å². The van der Waals surface area contributed by atoms with Gasteiger partial charge in [0.05, 0.1) is 0 Å². The maximum absolute atomic E-state index is 12.4. The Morgan fingerprint density at radius 2 is 2.13 bits per heavy atom. The van der Waals surface area contributed by atoms with Crippen LogP contribution < -0.4 is 0 Å². The van der Waals surface area contributed by atoms with Crippen LogP contribution in [0.5, 0.6) is 0 Å². The predicted molar refractivity (Wildman–Crippen MR) is 84.0 cm³/mol. The minimum Gasteiger partial charge on any atom is -0.446 e. The third kappa shape index (κ3) is 3.13. The number of rotatable bonds is 5. The summed E-state index contributed by atoms with van der Waals surface area (Å²) in [6.07, 6.45) is 1.43. The van der Waals surface area contributed by atoms with E-state index in [4.69, 9.17) is 14.2 Å². The molecule has 2 heterocycles. The number of ether oxygens (including phenoxy) is 3. The molecule has 1 aliphatic carbocycles. The lowest BCUT2D eigenvalue weighted by atomic mass is 9.95. The first-order chi connectivity index (χ1) is 10.9. The Balaban J connectivity index is 1.76. The van der Waals surface area contributed by atoms with Crippen molar-refractivity contribution in [3.8, 4) is 0 Å². The molecule has 0 spiro atoms. The molecule has 0 aromatic carbocycles. The number of hydrogen-bond acceptors (Lipinski definition) is 6. The zero-order chi connectivity index (χ0) is 16.6. The standard InChI is InChI=1S/C16H21NO5S/c1-16(2,20-3)22-13-12(11-8-5-9-23-11)17(14(13)18)15(19)21-10-6-4-7-10/h5,8-10,12-13H,4,6-7H2,1-3H3/t12-,13+/m0/s1. The van der Waals surface area contributed by atoms with Crippen LogP contribution in [0, 0.1) is 0 Å². The van der Waals surface area contributed by atoms with Gasteiger partial charge in [-0.2, -0.15) is 0 Å². The average molecular weight is 339 g/mol. The van der Waals surface area contributed by atoms with Gasteiger partial charge < -0.3 is 14.2 Å². The van der Waals surface area contributed by atoms with Crippen LogP contribution in [0.1, 0.15) is 44.0 Å². The molecule has 0 N–H and O–H groups in total. The van der Waals surface area contributed by atoms with E-state index in [2.05, 4.69) is 0 Å². The molecule has 7 heteroatoms. The highest BCUT2D eigenvalue weighted by atomic mass is 32.1. The molecule has 2 aliphatic rings. The van der Waals surface area contributed by atoms with Crippen molar-refractivity contribution in [2.75, 3.05) is 7.11 Å². The minimum atomic E-state index is -0.903. The van der Waals surface area contributed by atoms with Crippen molar-refractivity contribution < 1.29 is 23.8 Å². The van der Waals surface area contributed by atoms with Crippen molar-refractivity contribution in [2.24, 2.45) is 0 Å². The lowest BCUT2D eigenvalue weighted by molar-refractivity contribution is -0.251. The van der Waals surface area contributed by atoms with Crippen molar-refractivity contribution in [1.29, 1.82) is 0 Å². The Kier molecular flexibility index (Phi) is 4.44. The molecule has 0 bridgehead atoms. The summed E-state index contributed by atoms with van der Waals surface area (Å²) >= 11 is 1.48. The van der Waals surface area contributed by atoms with Gasteiger partial charge in [0.15, 0.2) is 11.9 Å². The van der Waals surface area contributed by atoms with E-state index in [0.717, 1.165) is 24.1 Å². The summed E-state index contributed by atoms with van der Waals surface area (Å²) in [5, 5.41) is 1.91. The van der Waals surface area contributed by atoms with Crippen molar-refractivity contribution in [3.63, 3.8) is 0 Å². The van der Waals surface area contributed by atoms with Crippen LogP contribution in [0.3, 0.4) is 0 Å². The van der Waals surface area contributed by atoms with Crippen molar-refractivity contribution in [1.82, 2.24) is 4.90 Å². The second kappa shape index (κ2) is 6.22. The quantitative estimate of drug-likeness (QED) is 0.609. The van der Waals surface area contributed by atoms with Gasteiger partial charge >= 0.3 is 6.09 Å². The Labute approximate surface area is 139 Å². The molecule has 126 valence electrons. The molecule has 1 aromatic rings. The summed E-state index contributed by atoms with van der Waals surface area (Å²) in [7, 11) is 1.52. The number of methoxy groups -OCH3 is 1. The summed E-state index contributed by atoms with van der Waals surface area (Å²) in [5.74, 6) is -1.28. The zero-order valence-electron chi connectivity index (χ0n) is 13.5. The van der Waals surface area contributed by atoms with Crippen molar-refractivity contribution in [3.05, 3.63) is 22.4 Å². The molecule has 3 rings (SSSR count). The predicted octanol–water partition coefficient (Wildman–Crippen LogP) is 3.09. The Morgan fingerprint density at radius 1 is 1.39 bits per heavy atom. The minimum absolute atomic E-state index is 0.0605. The second-order valence-corrected chi connectivity index (χ2v) is 7.23. The molecule has 6 nitrogen and oxygen atoms in total. The van der Waals surface area contributed by atoms with Crippen molar-refractivity contribution >= 4 is 23.3 Å². The molecule has 1 aliphatic heterocycles. The monoisotopic (exact) mass is 339 g/mol. The highest BCUT2D eigenvalue weighted by Gasteiger charge is 2.56. The van der Waals surface area contributed by atoms with Crippen LogP contribution in [0.2, 0.25) is 0 Å². The number of likely N-dealkylation sites (tertiary alicyclic amines) is 1. The summed E-state index contributed by atoms with van der Waals surface area (Å²) in [6, 6.07) is 3.32. The summed E-state index contributed by atoms with van der Waals surface area (Å²) < 4.78 is 16.4. The first kappa shape index (κ1) is 16.4. The molecular formula is C16H21NO5S. The molecule has 1 saturated heterocycles. The highest BCUT2D eigenvalue weighted by Crippen LogP contribution is 2.42. The molecule has 23 heavy (non-hydrogen) atoms. The highest BCUT2D eigenvalue weighted by molar-refractivity contribution is 7.10. The van der Waals surface area contributed by atoms with E-state index in [0.29, 0.717) is 0 Å². The largest absolute Gasteiger partial charge is 0.446 e. The molecule has 0 unspecified atom stereocenters. The van der Waals surface area contributed by atoms with E-state index in [1.54, 1.807) is 13.8 Å². The first-order valence-corrected chi connectivity index (χ1v) is 8.61. The lowest BCUT2D eigenvalue weighted by Gasteiger charge is -2.46. The maximum atomic E-state index is 12.4. The van der Waals surface area contributed by atoms with Gasteiger partial charge in [-0.1, -0.05) is 6.07 Å². The average Bonchev–Trinajstić information content (AvgIpc) is 2.99. The van der Waals surface area contributed by atoms with Gasteiger partial charge in [0.2, 0.25) is 0 Å². The summed E-state index contributed by atoms with van der Waals surface area (Å²) in [6.45, 7) is 3.47. The zero-order valence-corrected chi connectivity index (χ0v) is 14.3. The number of amides is 2. The van der Waals surface area contributed by atoms with Gasteiger partial charge in [0.1, 0.15) is 12.1 Å². The number of carbonyl (C=O) groups is 2. The summed E-state index contributed by atoms with van der Waals surface area (Å²) in [5.41, 5.74) is 0. The Morgan fingerprint density at radius 3 is 2.65 bits per heavy atom. The SMILES string of the molecule is COC(C)(C)O[C@H]1C(=O)N(C(=O)OC2CCC2)[C@H]1c1cccs1. The van der Waals surface area contributed by atoms with E-state index >= 15 is 0 Å². The van der Waals surface area contributed by atoms with E-state index in [9.17, 15) is 9.59 Å². The van der Waals surface area contributed by atoms with Crippen LogP contribution in [0.25, 0.3) is 0 Å². The molecule has 2 atom stereocenters. The molecule has 0 radical (unpaired) electrons. The fourth-order valence-electron chi connectivity index (χ4n) is 2.56. The molecule has 1 saturated carbocycles. The molecule has 1 aromatic heterocycles.